The Kier molecular flexibility index (Phi) is 41.9. The molecule has 5 aromatic rings. The van der Waals surface area contributed by atoms with E-state index in [2.05, 4.69) is 264 Å². The molecule has 5 aliphatic rings. The Hall–Kier alpha value is 3.61. The number of methoxy groups -OCH3 is 1. The molecule has 0 saturated carbocycles. The Bertz CT molecular complexity index is 2800. The van der Waals surface area contributed by atoms with Crippen LogP contribution in [0.15, 0.2) is 78.9 Å². The summed E-state index contributed by atoms with van der Waals surface area (Å²) < 4.78 is 47.0. The van der Waals surface area contributed by atoms with E-state index in [1.165, 1.54) is 36.5 Å². The molecule has 3 radical (unpaired) electrons. The maximum Gasteiger partial charge on any atom is 1.00 e. The van der Waals surface area contributed by atoms with Crippen LogP contribution in [0.5, 0.6) is 28.7 Å². The predicted molar refractivity (Wildman–Crippen MR) is 397 cm³/mol. The minimum Gasteiger partial charge on any atom is -1.00 e. The number of halogens is 15. The molecule has 28 heteroatoms. The molecule has 0 unspecified atom stereocenters. The van der Waals surface area contributed by atoms with Crippen LogP contribution in [0.2, 0.25) is 0 Å². The SMILES string of the molecule is CC1(C)Cc2cc(I)cc(C=O)c2O1.CC1(C)Cc2cc(I)cc(CCl)c2O1.CC1(C)Cc2cc(I)cc(CO)c2O1.CC1(C)Cc2cc(I)ccc2O1.CC1(C)Cc2ccccc2O1.COC(Cl)Cl.II.O=S(Cl)Cl.[B].[Cl][Ti]([Cl])([Cl])[Cl].[H-].[Na+]. The number of aliphatic hydroxyl groups is 1. The number of para-hydroxylation sites is 1. The third-order valence-electron chi connectivity index (χ3n) is 11.2. The van der Waals surface area contributed by atoms with Gasteiger partial charge in [-0.2, -0.15) is 0 Å². The van der Waals surface area contributed by atoms with E-state index < -0.39 is 26.6 Å². The molecule has 5 aliphatic heterocycles. The number of hydrogen-bond acceptors (Lipinski definition) is 9. The van der Waals surface area contributed by atoms with Crippen LogP contribution in [0.1, 0.15) is 120 Å². The number of carbonyl (C=O) groups excluding carboxylic acids is 1. The van der Waals surface area contributed by atoms with E-state index in [0.717, 1.165) is 91.0 Å². The summed E-state index contributed by atoms with van der Waals surface area (Å²) >= 11 is 26.2. The summed E-state index contributed by atoms with van der Waals surface area (Å²) in [5.74, 6) is 5.29. The van der Waals surface area contributed by atoms with Crippen LogP contribution in [0.25, 0.3) is 0 Å². The summed E-state index contributed by atoms with van der Waals surface area (Å²) in [6, 6.07) is 26.9. The normalized spacial score (nSPS) is 15.9. The number of fused-ring (bicyclic) bond motifs is 5. The predicted octanol–water partition coefficient (Wildman–Crippen LogP) is 18.2. The van der Waals surface area contributed by atoms with Gasteiger partial charge < -0.3 is 35.0 Å². The summed E-state index contributed by atoms with van der Waals surface area (Å²) in [5.41, 5.74) is 8.61. The minimum atomic E-state index is -3.11. The van der Waals surface area contributed by atoms with Crippen LogP contribution < -0.4 is 53.2 Å². The summed E-state index contributed by atoms with van der Waals surface area (Å²) in [6.45, 7) is 21.0. The molecule has 83 heavy (non-hydrogen) atoms. The van der Waals surface area contributed by atoms with Gasteiger partial charge in [-0.15, -0.1) is 11.6 Å². The van der Waals surface area contributed by atoms with Crippen molar-refractivity contribution in [2.75, 3.05) is 7.11 Å². The van der Waals surface area contributed by atoms with E-state index in [9.17, 15) is 9.90 Å². The van der Waals surface area contributed by atoms with Crippen molar-refractivity contribution in [3.63, 3.8) is 0 Å². The average molecular weight is 2060 g/mol. The number of ether oxygens (including phenoxy) is 6. The van der Waals surface area contributed by atoms with Crippen molar-refractivity contribution in [1.29, 1.82) is 0 Å². The smallest absolute Gasteiger partial charge is 1.00 e. The standard InChI is InChI=1S/C11H12ClIO.C11H13IO2.C11H11IO2.C10H11IO.C10H12O.C2H4Cl2O.B.Cl2OS.4ClH.I2.Na.Ti.H/c1-11(2)5-7-3-9(13)4-8(6-12)10(7)14-11;2*1-11(2)5-7-3-9(12)4-8(6-13)10(7)14-11;1-10(2)6-7-5-8(11)3-4-9(7)12-10;1-10(2)7-8-5-3-4-6-9(8)11-10;1-5-2(3)4;;1-4(2)3;;;;;1-2;;;/h3-4H,5-6H2,1-2H3;3-4,13H,5-6H2,1-2H3;3-4,6H,5H2,1-2H3;3-5H,6H2,1-2H3;3-6H,7H2,1-2H3;2H,1H3;;;4*1H;;;;/q;;;;;;;;;;;;;+1;+4;-1/p-4. The van der Waals surface area contributed by atoms with Crippen LogP contribution in [-0.2, 0) is 70.9 Å². The molecule has 0 saturated heterocycles. The Morgan fingerprint density at radius 2 is 0.916 bits per heavy atom. The van der Waals surface area contributed by atoms with Gasteiger partial charge in [-0.05, 0) is 248 Å². The van der Waals surface area contributed by atoms with Gasteiger partial charge in [0.1, 0.15) is 56.8 Å². The second-order valence-electron chi connectivity index (χ2n) is 21.2. The first-order valence-electron chi connectivity index (χ1n) is 24.1. The number of alkyl halides is 3. The Balaban J connectivity index is 0. The molecule has 0 atom stereocenters. The zero-order valence-corrected chi connectivity index (χ0v) is 71.6. The molecule has 0 bridgehead atoms. The first-order valence-corrected chi connectivity index (χ1v) is 47.5. The number of benzene rings is 5. The van der Waals surface area contributed by atoms with Crippen molar-refractivity contribution < 1.29 is 85.9 Å². The third kappa shape index (κ3) is 33.5. The molecule has 0 aromatic heterocycles. The topological polar surface area (TPSA) is 110 Å². The second kappa shape index (κ2) is 40.1. The molecule has 10 rings (SSSR count). The van der Waals surface area contributed by atoms with Crippen molar-refractivity contribution in [3.05, 3.63) is 138 Å². The summed E-state index contributed by atoms with van der Waals surface area (Å²) in [6.07, 6.45) is 5.69. The van der Waals surface area contributed by atoms with Gasteiger partial charge in [-0.1, -0.05) is 41.4 Å². The largest absolute Gasteiger partial charge is 1.00 e. The molecule has 9 nitrogen and oxygen atoms in total. The van der Waals surface area contributed by atoms with E-state index in [1.807, 2.05) is 38.1 Å². The van der Waals surface area contributed by atoms with Crippen LogP contribution in [0, 0.1) is 14.3 Å². The Morgan fingerprint density at radius 1 is 0.590 bits per heavy atom. The van der Waals surface area contributed by atoms with Gasteiger partial charge in [0.15, 0.2) is 6.29 Å². The van der Waals surface area contributed by atoms with E-state index >= 15 is 0 Å². The molecule has 0 spiro atoms. The molecule has 0 amide bonds. The zero-order chi connectivity index (χ0) is 62.1. The zero-order valence-electron chi connectivity index (χ0n) is 48.5. The van der Waals surface area contributed by atoms with Gasteiger partial charge in [-0.3, -0.25) is 4.79 Å². The van der Waals surface area contributed by atoms with E-state index in [4.69, 9.17) is 99.9 Å². The molecule has 0 fully saturated rings. The Labute approximate surface area is 640 Å². The van der Waals surface area contributed by atoms with E-state index in [0.29, 0.717) is 11.4 Å². The van der Waals surface area contributed by atoms with Crippen molar-refractivity contribution >= 4 is 245 Å². The minimum absolute atomic E-state index is 0. The fourth-order valence-corrected chi connectivity index (χ4v) is 11.6. The number of aldehydes is 1. The van der Waals surface area contributed by atoms with Crippen molar-refractivity contribution in [2.45, 2.75) is 147 Å². The molecular formula is C55H64BCl9I6NaO9STi. The van der Waals surface area contributed by atoms with Crippen LogP contribution in [0.4, 0.5) is 0 Å². The third-order valence-corrected chi connectivity index (χ3v) is 14.4. The van der Waals surface area contributed by atoms with Crippen LogP contribution in [-0.4, -0.2) is 64.2 Å². The number of aliphatic hydroxyl groups excluding tert-OH is 1. The summed E-state index contributed by atoms with van der Waals surface area (Å²) in [5, 5.41) is 8.54. The fourth-order valence-electron chi connectivity index (χ4n) is 8.61. The van der Waals surface area contributed by atoms with Gasteiger partial charge in [0, 0.05) is 132 Å². The number of carbonyl (C=O) groups is 1. The molecular weight excluding hydrogens is 2000 g/mol. The Morgan fingerprint density at radius 3 is 1.31 bits per heavy atom. The molecule has 5 aromatic carbocycles. The maximum absolute atomic E-state index is 10.8. The number of rotatable bonds is 4. The van der Waals surface area contributed by atoms with E-state index in [1.54, 1.807) is 0 Å². The first kappa shape index (κ1) is 86.6. The van der Waals surface area contributed by atoms with Gasteiger partial charge in [-0.25, -0.2) is 4.21 Å². The van der Waals surface area contributed by atoms with Crippen molar-refractivity contribution in [3.8, 4) is 28.7 Å². The van der Waals surface area contributed by atoms with Crippen molar-refractivity contribution in [2.24, 2.45) is 0 Å². The first-order chi connectivity index (χ1) is 37.3. The van der Waals surface area contributed by atoms with Gasteiger partial charge in [0.2, 0.25) is 14.2 Å². The summed E-state index contributed by atoms with van der Waals surface area (Å²) in [4.78, 5) is 10.8. The van der Waals surface area contributed by atoms with Gasteiger partial charge in [0.25, 0.3) is 0 Å². The second-order valence-corrected chi connectivity index (χ2v) is 45.4. The van der Waals surface area contributed by atoms with Gasteiger partial charge >= 0.3 is 79.1 Å². The average Bonchev–Trinajstić information content (AvgIpc) is 3.72. The maximum atomic E-state index is 10.8. The quantitative estimate of drug-likeness (QED) is 0.0618. The van der Waals surface area contributed by atoms with Crippen LogP contribution >= 0.6 is 221 Å². The fraction of sp³-hybridized carbons (Fsp3) is 0.436. The van der Waals surface area contributed by atoms with Crippen LogP contribution in [0.3, 0.4) is 0 Å². The molecule has 457 valence electrons. The van der Waals surface area contributed by atoms with E-state index in [-0.39, 0.29) is 74.0 Å². The molecule has 1 N–H and O–H groups in total. The summed E-state index contributed by atoms with van der Waals surface area (Å²) in [7, 11) is 28.8. The monoisotopic (exact) mass is 2060 g/mol. The number of hydrogen-bond donors (Lipinski definition) is 1. The molecule has 5 heterocycles. The van der Waals surface area contributed by atoms with Crippen molar-refractivity contribution in [1.82, 2.24) is 0 Å². The molecule has 0 aliphatic carbocycles. The van der Waals surface area contributed by atoms with Gasteiger partial charge in [0.05, 0.1) is 18.1 Å².